The van der Waals surface area contributed by atoms with Gasteiger partial charge in [-0.1, -0.05) is 18.2 Å². The van der Waals surface area contributed by atoms with Gasteiger partial charge in [0.2, 0.25) is 0 Å². The van der Waals surface area contributed by atoms with E-state index in [4.69, 9.17) is 0 Å². The zero-order valence-electron chi connectivity index (χ0n) is 13.4. The summed E-state index contributed by atoms with van der Waals surface area (Å²) in [5.41, 5.74) is 7.19. The molecule has 0 saturated heterocycles. The monoisotopic (exact) mass is 305 g/mol. The number of benzene rings is 2. The Balaban J connectivity index is 1.93. The molecule has 0 saturated carbocycles. The third-order valence-electron chi connectivity index (χ3n) is 4.55. The van der Waals surface area contributed by atoms with E-state index < -0.39 is 6.10 Å². The van der Waals surface area contributed by atoms with E-state index in [9.17, 15) is 5.11 Å². The number of hydrogen-bond acceptors (Lipinski definition) is 2. The second kappa shape index (κ2) is 4.96. The van der Waals surface area contributed by atoms with E-state index in [1.807, 2.05) is 44.3 Å². The molecule has 1 unspecified atom stereocenters. The fourth-order valence-electron chi connectivity index (χ4n) is 3.43. The Bertz CT molecular complexity index is 1030. The predicted molar refractivity (Wildman–Crippen MR) is 92.7 cm³/mol. The van der Waals surface area contributed by atoms with Crippen LogP contribution in [0, 0.1) is 20.8 Å². The number of nitrogens with zero attached hydrogens (tertiary/aromatic N) is 1. The van der Waals surface area contributed by atoms with Crippen molar-refractivity contribution >= 4 is 21.9 Å². The molecule has 23 heavy (non-hydrogen) atoms. The number of imidazole rings is 1. The molecule has 3 N–H and O–H groups in total. The van der Waals surface area contributed by atoms with Crippen molar-refractivity contribution in [2.24, 2.45) is 0 Å². The van der Waals surface area contributed by atoms with Crippen LogP contribution in [0.4, 0.5) is 0 Å². The van der Waals surface area contributed by atoms with Gasteiger partial charge in [-0.25, -0.2) is 4.98 Å². The number of aryl methyl sites for hydroxylation is 3. The van der Waals surface area contributed by atoms with E-state index in [2.05, 4.69) is 27.9 Å². The van der Waals surface area contributed by atoms with Crippen LogP contribution < -0.4 is 0 Å². The van der Waals surface area contributed by atoms with Crippen molar-refractivity contribution < 1.29 is 5.11 Å². The third kappa shape index (κ3) is 2.06. The van der Waals surface area contributed by atoms with Gasteiger partial charge in [0, 0.05) is 22.7 Å². The predicted octanol–water partition coefficient (Wildman–Crippen LogP) is 4.05. The molecule has 116 valence electrons. The third-order valence-corrected chi connectivity index (χ3v) is 4.55. The van der Waals surface area contributed by atoms with E-state index in [0.29, 0.717) is 5.82 Å². The fraction of sp³-hybridized carbons (Fsp3) is 0.211. The number of H-pyrrole nitrogens is 2. The van der Waals surface area contributed by atoms with Crippen LogP contribution in [-0.2, 0) is 0 Å². The molecule has 0 amide bonds. The molecule has 2 aromatic heterocycles. The normalized spacial score (nSPS) is 13.0. The highest BCUT2D eigenvalue weighted by atomic mass is 16.3. The van der Waals surface area contributed by atoms with Gasteiger partial charge in [-0.15, -0.1) is 0 Å². The lowest BCUT2D eigenvalue weighted by atomic mass is 9.96. The van der Waals surface area contributed by atoms with Crippen LogP contribution in [-0.4, -0.2) is 20.1 Å². The topological polar surface area (TPSA) is 64.7 Å². The molecular formula is C19H19N3O. The average molecular weight is 305 g/mol. The minimum absolute atomic E-state index is 0.587. The van der Waals surface area contributed by atoms with Gasteiger partial charge in [0.25, 0.3) is 0 Å². The summed E-state index contributed by atoms with van der Waals surface area (Å²) in [6, 6.07) is 10.1. The quantitative estimate of drug-likeness (QED) is 0.523. The van der Waals surface area contributed by atoms with Crippen molar-refractivity contribution in [1.82, 2.24) is 15.0 Å². The number of fused-ring (bicyclic) bond motifs is 2. The Kier molecular flexibility index (Phi) is 3.03. The largest absolute Gasteiger partial charge is 0.380 e. The molecular weight excluding hydrogens is 286 g/mol. The van der Waals surface area contributed by atoms with Gasteiger partial charge >= 0.3 is 0 Å². The first kappa shape index (κ1) is 14.0. The molecule has 4 rings (SSSR count). The van der Waals surface area contributed by atoms with Gasteiger partial charge in [0.15, 0.2) is 0 Å². The number of aliphatic hydroxyl groups excluding tert-OH is 1. The summed E-state index contributed by atoms with van der Waals surface area (Å²) in [5, 5.41) is 12.0. The molecule has 2 aromatic carbocycles. The van der Waals surface area contributed by atoms with Crippen LogP contribution in [0.3, 0.4) is 0 Å². The maximum absolute atomic E-state index is 11.0. The van der Waals surface area contributed by atoms with Crippen molar-refractivity contribution in [1.29, 1.82) is 0 Å². The van der Waals surface area contributed by atoms with Crippen molar-refractivity contribution in [3.05, 3.63) is 64.6 Å². The Morgan fingerprint density at radius 1 is 1.04 bits per heavy atom. The smallest absolute Gasteiger partial charge is 0.140 e. The van der Waals surface area contributed by atoms with Gasteiger partial charge in [0.1, 0.15) is 11.9 Å². The maximum Gasteiger partial charge on any atom is 0.140 e. The number of aromatic nitrogens is 3. The first-order valence-electron chi connectivity index (χ1n) is 7.76. The second-order valence-corrected chi connectivity index (χ2v) is 6.19. The standard InChI is InChI=1S/C19H19N3O/c1-10-5-4-6-14-17(10)22-19(21-14)18(23)15-11(2)9-12(3)16-13(15)7-8-20-16/h4-9,18,20,23H,1-3H3,(H,21,22). The van der Waals surface area contributed by atoms with Gasteiger partial charge < -0.3 is 15.1 Å². The first-order valence-corrected chi connectivity index (χ1v) is 7.76. The Morgan fingerprint density at radius 2 is 1.87 bits per heavy atom. The summed E-state index contributed by atoms with van der Waals surface area (Å²) in [4.78, 5) is 11.1. The molecule has 1 atom stereocenters. The number of nitrogens with one attached hydrogen (secondary N) is 2. The summed E-state index contributed by atoms with van der Waals surface area (Å²) in [5.74, 6) is 0.587. The van der Waals surface area contributed by atoms with Crippen molar-refractivity contribution in [3.63, 3.8) is 0 Å². The molecule has 4 heteroatoms. The first-order chi connectivity index (χ1) is 11.1. The molecule has 2 heterocycles. The lowest BCUT2D eigenvalue weighted by Crippen LogP contribution is -2.05. The van der Waals surface area contributed by atoms with Crippen LogP contribution in [0.5, 0.6) is 0 Å². The minimum atomic E-state index is -0.777. The van der Waals surface area contributed by atoms with Crippen LogP contribution in [0.1, 0.15) is 34.2 Å². The second-order valence-electron chi connectivity index (χ2n) is 6.19. The lowest BCUT2D eigenvalue weighted by molar-refractivity contribution is 0.212. The van der Waals surface area contributed by atoms with Crippen molar-refractivity contribution in [2.75, 3.05) is 0 Å². The summed E-state index contributed by atoms with van der Waals surface area (Å²) in [6.07, 6.45) is 1.14. The van der Waals surface area contributed by atoms with Gasteiger partial charge in [0.05, 0.1) is 11.0 Å². The number of aromatic amines is 2. The lowest BCUT2D eigenvalue weighted by Gasteiger charge is -2.14. The highest BCUT2D eigenvalue weighted by Crippen LogP contribution is 2.33. The highest BCUT2D eigenvalue weighted by Gasteiger charge is 2.21. The van der Waals surface area contributed by atoms with Gasteiger partial charge in [-0.3, -0.25) is 0 Å². The fourth-order valence-corrected chi connectivity index (χ4v) is 3.43. The van der Waals surface area contributed by atoms with Crippen molar-refractivity contribution in [3.8, 4) is 0 Å². The Morgan fingerprint density at radius 3 is 2.65 bits per heavy atom. The van der Waals surface area contributed by atoms with Crippen LogP contribution in [0.2, 0.25) is 0 Å². The number of hydrogen-bond donors (Lipinski definition) is 3. The van der Waals surface area contributed by atoms with E-state index >= 15 is 0 Å². The minimum Gasteiger partial charge on any atom is -0.380 e. The molecule has 0 spiro atoms. The molecule has 0 aliphatic heterocycles. The van der Waals surface area contributed by atoms with E-state index in [-0.39, 0.29) is 0 Å². The maximum atomic E-state index is 11.0. The average Bonchev–Trinajstić information content (AvgIpc) is 3.14. The zero-order valence-corrected chi connectivity index (χ0v) is 13.4. The zero-order chi connectivity index (χ0) is 16.1. The van der Waals surface area contributed by atoms with E-state index in [1.165, 1.54) is 5.56 Å². The molecule has 4 nitrogen and oxygen atoms in total. The summed E-state index contributed by atoms with van der Waals surface area (Å²) < 4.78 is 0. The van der Waals surface area contributed by atoms with Crippen LogP contribution >= 0.6 is 0 Å². The number of rotatable bonds is 2. The molecule has 0 radical (unpaired) electrons. The molecule has 0 fully saturated rings. The number of aliphatic hydroxyl groups is 1. The molecule has 4 aromatic rings. The van der Waals surface area contributed by atoms with E-state index in [1.54, 1.807) is 0 Å². The van der Waals surface area contributed by atoms with Gasteiger partial charge in [-0.05, 0) is 49.6 Å². The Hall–Kier alpha value is -2.59. The molecule has 0 aliphatic rings. The number of para-hydroxylation sites is 1. The summed E-state index contributed by atoms with van der Waals surface area (Å²) in [7, 11) is 0. The van der Waals surface area contributed by atoms with E-state index in [0.717, 1.165) is 38.6 Å². The SMILES string of the molecule is Cc1cc(C)c2[nH]ccc2c1C(O)c1nc2c(C)cccc2[nH]1. The molecule has 0 bridgehead atoms. The van der Waals surface area contributed by atoms with Crippen LogP contribution in [0.15, 0.2) is 36.5 Å². The Labute approximate surface area is 134 Å². The summed E-state index contributed by atoms with van der Waals surface area (Å²) in [6.45, 7) is 6.14. The van der Waals surface area contributed by atoms with Gasteiger partial charge in [-0.2, -0.15) is 0 Å². The van der Waals surface area contributed by atoms with Crippen LogP contribution in [0.25, 0.3) is 21.9 Å². The summed E-state index contributed by atoms with van der Waals surface area (Å²) >= 11 is 0. The van der Waals surface area contributed by atoms with Crippen molar-refractivity contribution in [2.45, 2.75) is 26.9 Å². The molecule has 0 aliphatic carbocycles. The highest BCUT2D eigenvalue weighted by molar-refractivity contribution is 5.88.